The van der Waals surface area contributed by atoms with Crippen LogP contribution in [0.5, 0.6) is 11.5 Å². The van der Waals surface area contributed by atoms with Crippen LogP contribution in [0.3, 0.4) is 0 Å². The van der Waals surface area contributed by atoms with Crippen molar-refractivity contribution in [2.45, 2.75) is 43.2 Å². The lowest BCUT2D eigenvalue weighted by Crippen LogP contribution is -2.45. The minimum atomic E-state index is -3.83. The van der Waals surface area contributed by atoms with Crippen molar-refractivity contribution in [3.05, 3.63) is 77.2 Å². The van der Waals surface area contributed by atoms with Gasteiger partial charge in [0.25, 0.3) is 10.0 Å². The molecule has 3 aromatic carbocycles. The van der Waals surface area contributed by atoms with Crippen molar-refractivity contribution in [1.82, 2.24) is 15.3 Å². The predicted molar refractivity (Wildman–Crippen MR) is 164 cm³/mol. The molecule has 5 rings (SSSR count). The smallest absolute Gasteiger partial charge is 0.355 e. The molecule has 0 bridgehead atoms. The molecule has 234 valence electrons. The molecule has 0 saturated carbocycles. The predicted octanol–water partition coefficient (Wildman–Crippen LogP) is 2.90. The molecule has 1 atom stereocenters. The highest BCUT2D eigenvalue weighted by Crippen LogP contribution is 2.25. The Balaban J connectivity index is 1.05. The van der Waals surface area contributed by atoms with Crippen LogP contribution in [-0.4, -0.2) is 67.8 Å². The van der Waals surface area contributed by atoms with Crippen molar-refractivity contribution in [3.8, 4) is 11.5 Å². The third kappa shape index (κ3) is 7.89. The number of anilines is 2. The Kier molecular flexibility index (Phi) is 9.72. The van der Waals surface area contributed by atoms with Gasteiger partial charge in [-0.15, -0.1) is 0 Å². The highest BCUT2D eigenvalue weighted by molar-refractivity contribution is 7.92. The number of benzene rings is 3. The van der Waals surface area contributed by atoms with Crippen molar-refractivity contribution >= 4 is 38.4 Å². The molecule has 4 aromatic rings. The summed E-state index contributed by atoms with van der Waals surface area (Å²) in [5.74, 6) is 0.179. The van der Waals surface area contributed by atoms with E-state index in [-0.39, 0.29) is 35.4 Å². The average Bonchev–Trinajstić information content (AvgIpc) is 3.43. The van der Waals surface area contributed by atoms with E-state index in [1.807, 2.05) is 12.1 Å². The van der Waals surface area contributed by atoms with E-state index in [1.54, 1.807) is 37.3 Å². The fraction of sp³-hybridized carbons (Fsp3) is 0.333. The number of hydrogen-bond acceptors (Lipinski definition) is 10. The molecule has 1 aromatic heterocycles. The van der Waals surface area contributed by atoms with E-state index in [2.05, 4.69) is 29.8 Å². The first-order valence-corrected chi connectivity index (χ1v) is 15.8. The fourth-order valence-electron chi connectivity index (χ4n) is 4.82. The molecule has 0 amide bonds. The van der Waals surface area contributed by atoms with E-state index >= 15 is 0 Å². The van der Waals surface area contributed by atoms with Gasteiger partial charge in [-0.1, -0.05) is 13.0 Å². The highest BCUT2D eigenvalue weighted by atomic mass is 32.2. The molecule has 1 fully saturated rings. The van der Waals surface area contributed by atoms with Crippen molar-refractivity contribution in [3.63, 3.8) is 0 Å². The zero-order valence-electron chi connectivity index (χ0n) is 24.1. The maximum Gasteiger partial charge on any atom is 0.355 e. The van der Waals surface area contributed by atoms with Crippen molar-refractivity contribution < 1.29 is 32.8 Å². The number of fused-ring (bicyclic) bond motifs is 1. The largest absolute Gasteiger partial charge is 0.489 e. The average molecular weight is 626 g/mol. The van der Waals surface area contributed by atoms with Crippen LogP contribution >= 0.6 is 0 Å². The molecule has 0 unspecified atom stereocenters. The Hall–Kier alpha value is -4.53. The maximum atomic E-state index is 12.8. The number of piperidine rings is 1. The SMILES string of the molecule is CCC(=O)OOc1ccc(S(=O)(=O)Nc2ccc(N3CCC(NC[C@H](O)COc4cccc5[nH]c(=O)[nH]c45)CC3)cc2)cc1. The first kappa shape index (κ1) is 30.9. The summed E-state index contributed by atoms with van der Waals surface area (Å²) in [4.78, 5) is 39.9. The van der Waals surface area contributed by atoms with Crippen molar-refractivity contribution in [1.29, 1.82) is 0 Å². The molecule has 5 N–H and O–H groups in total. The van der Waals surface area contributed by atoms with Crippen molar-refractivity contribution in [2.75, 3.05) is 35.9 Å². The monoisotopic (exact) mass is 625 g/mol. The molecule has 44 heavy (non-hydrogen) atoms. The Morgan fingerprint density at radius 3 is 2.48 bits per heavy atom. The van der Waals surface area contributed by atoms with Crippen LogP contribution in [-0.2, 0) is 19.7 Å². The number of aromatic amines is 2. The zero-order valence-corrected chi connectivity index (χ0v) is 24.9. The number of hydrogen-bond donors (Lipinski definition) is 5. The second-order valence-corrected chi connectivity index (χ2v) is 12.1. The van der Waals surface area contributed by atoms with E-state index in [0.717, 1.165) is 31.6 Å². The summed E-state index contributed by atoms with van der Waals surface area (Å²) < 4.78 is 34.0. The second kappa shape index (κ2) is 13.8. The Labute approximate surface area is 254 Å². The number of ether oxygens (including phenoxy) is 1. The highest BCUT2D eigenvalue weighted by Gasteiger charge is 2.21. The molecule has 0 radical (unpaired) electrons. The van der Waals surface area contributed by atoms with Gasteiger partial charge in [-0.25, -0.2) is 18.0 Å². The first-order valence-electron chi connectivity index (χ1n) is 14.3. The minimum Gasteiger partial charge on any atom is -0.489 e. The number of para-hydroxylation sites is 1. The van der Waals surface area contributed by atoms with Crippen LogP contribution in [0.15, 0.2) is 76.4 Å². The molecule has 1 aliphatic rings. The summed E-state index contributed by atoms with van der Waals surface area (Å²) in [6.45, 7) is 3.71. The molecule has 1 saturated heterocycles. The summed E-state index contributed by atoms with van der Waals surface area (Å²) >= 11 is 0. The normalized spacial score (nSPS) is 14.7. The standard InChI is InChI=1S/C30H35N5O8S/c1-2-28(37)43-42-24-10-12-25(13-11-24)44(39,40)34-21-6-8-22(9-7-21)35-16-14-20(15-17-35)31-18-23(36)19-41-27-5-3-4-26-29(27)33-30(38)32-26/h3-13,20,23,31,34,36H,2,14-19H2,1H3,(H2,32,33,38)/t23-/m0/s1. The Morgan fingerprint density at radius 2 is 1.77 bits per heavy atom. The van der Waals surface area contributed by atoms with Gasteiger partial charge >= 0.3 is 11.7 Å². The van der Waals surface area contributed by atoms with Gasteiger partial charge in [0.15, 0.2) is 5.75 Å². The lowest BCUT2D eigenvalue weighted by molar-refractivity contribution is -0.213. The molecule has 14 heteroatoms. The van der Waals surface area contributed by atoms with Gasteiger partial charge in [0, 0.05) is 43.5 Å². The molecule has 0 aliphatic carbocycles. The van der Waals surface area contributed by atoms with Crippen LogP contribution in [0.4, 0.5) is 11.4 Å². The number of aromatic nitrogens is 2. The van der Waals surface area contributed by atoms with Crippen molar-refractivity contribution in [2.24, 2.45) is 0 Å². The number of nitrogens with zero attached hydrogens (tertiary/aromatic N) is 1. The molecular weight excluding hydrogens is 590 g/mol. The van der Waals surface area contributed by atoms with E-state index in [0.29, 0.717) is 29.0 Å². The van der Waals surface area contributed by atoms with E-state index in [1.165, 1.54) is 24.3 Å². The molecule has 1 aliphatic heterocycles. The summed E-state index contributed by atoms with van der Waals surface area (Å²) in [6, 6.07) is 18.3. The number of aliphatic hydroxyl groups excluding tert-OH is 1. The molecule has 0 spiro atoms. The minimum absolute atomic E-state index is 0.0383. The second-order valence-electron chi connectivity index (χ2n) is 10.4. The topological polar surface area (TPSA) is 175 Å². The van der Waals surface area contributed by atoms with E-state index in [9.17, 15) is 23.1 Å². The lowest BCUT2D eigenvalue weighted by atomic mass is 10.0. The van der Waals surface area contributed by atoms with Gasteiger partial charge in [0.2, 0.25) is 0 Å². The Bertz CT molecular complexity index is 1710. The number of imidazole rings is 1. The number of carbonyl (C=O) groups excluding carboxylic acids is 1. The summed E-state index contributed by atoms with van der Waals surface area (Å²) in [5, 5.41) is 13.9. The van der Waals surface area contributed by atoms with Crippen LogP contribution < -0.4 is 30.3 Å². The van der Waals surface area contributed by atoms with Gasteiger partial charge < -0.3 is 30.0 Å². The quantitative estimate of drug-likeness (QED) is 0.110. The number of H-pyrrole nitrogens is 2. The third-order valence-electron chi connectivity index (χ3n) is 7.22. The summed E-state index contributed by atoms with van der Waals surface area (Å²) in [6.07, 6.45) is 1.20. The number of rotatable bonds is 13. The van der Waals surface area contributed by atoms with Gasteiger partial charge in [-0.3, -0.25) is 14.5 Å². The van der Waals surface area contributed by atoms with Crippen LogP contribution in [0.1, 0.15) is 26.2 Å². The first-order chi connectivity index (χ1) is 21.2. The molecular formula is C30H35N5O8S. The Morgan fingerprint density at radius 1 is 1.05 bits per heavy atom. The number of sulfonamides is 1. The zero-order chi connectivity index (χ0) is 31.1. The van der Waals surface area contributed by atoms with Gasteiger partial charge in [0.05, 0.1) is 10.4 Å². The number of nitrogens with one attached hydrogen (secondary N) is 4. The summed E-state index contributed by atoms with van der Waals surface area (Å²) in [7, 11) is -3.83. The molecule has 2 heterocycles. The fourth-order valence-corrected chi connectivity index (χ4v) is 5.88. The van der Waals surface area contributed by atoms with Gasteiger partial charge in [-0.2, -0.15) is 0 Å². The number of carbonyl (C=O) groups is 1. The number of aliphatic hydroxyl groups is 1. The van der Waals surface area contributed by atoms with Crippen LogP contribution in [0.2, 0.25) is 0 Å². The van der Waals surface area contributed by atoms with Gasteiger partial charge in [0.1, 0.15) is 24.0 Å². The van der Waals surface area contributed by atoms with Crippen LogP contribution in [0.25, 0.3) is 11.0 Å². The summed E-state index contributed by atoms with van der Waals surface area (Å²) in [5.41, 5.74) is 2.33. The lowest BCUT2D eigenvalue weighted by Gasteiger charge is -2.34. The maximum absolute atomic E-state index is 12.8. The van der Waals surface area contributed by atoms with E-state index < -0.39 is 22.1 Å². The van der Waals surface area contributed by atoms with Crippen LogP contribution in [0, 0.1) is 0 Å². The van der Waals surface area contributed by atoms with E-state index in [4.69, 9.17) is 9.62 Å². The van der Waals surface area contributed by atoms with Gasteiger partial charge in [-0.05, 0) is 73.5 Å². The third-order valence-corrected chi connectivity index (χ3v) is 8.62. The molecule has 13 nitrogen and oxygen atoms in total.